The topological polar surface area (TPSA) is 70.1 Å². The number of rotatable bonds is 6. The summed E-state index contributed by atoms with van der Waals surface area (Å²) >= 11 is 0. The Bertz CT molecular complexity index is 404. The van der Waals surface area contributed by atoms with Gasteiger partial charge in [-0.2, -0.15) is 4.98 Å². The fourth-order valence-corrected chi connectivity index (χ4v) is 1.75. The minimum Gasteiger partial charge on any atom is -0.394 e. The predicted molar refractivity (Wildman–Crippen MR) is 72.9 cm³/mol. The number of aliphatic hydroxyl groups excluding tert-OH is 1. The minimum atomic E-state index is -0.0358. The molecule has 0 amide bonds. The molecule has 1 heterocycles. The van der Waals surface area contributed by atoms with Gasteiger partial charge in [-0.05, 0) is 33.6 Å². The van der Waals surface area contributed by atoms with Crippen molar-refractivity contribution in [2.75, 3.05) is 17.2 Å². The molecule has 5 nitrogen and oxygen atoms in total. The van der Waals surface area contributed by atoms with Crippen LogP contribution in [0.15, 0.2) is 6.07 Å². The molecule has 1 saturated carbocycles. The fraction of sp³-hybridized carbons (Fsp3) is 0.692. The number of anilines is 2. The molecule has 100 valence electrons. The summed E-state index contributed by atoms with van der Waals surface area (Å²) in [4.78, 5) is 8.94. The molecule has 1 aromatic heterocycles. The van der Waals surface area contributed by atoms with E-state index in [-0.39, 0.29) is 12.6 Å². The lowest BCUT2D eigenvalue weighted by molar-refractivity contribution is 0.281. The van der Waals surface area contributed by atoms with Crippen molar-refractivity contribution in [3.63, 3.8) is 0 Å². The van der Waals surface area contributed by atoms with Crippen LogP contribution in [0.4, 0.5) is 11.8 Å². The number of nitrogens with one attached hydrogen (secondary N) is 2. The molecule has 3 N–H and O–H groups in total. The van der Waals surface area contributed by atoms with Gasteiger partial charge >= 0.3 is 0 Å². The van der Waals surface area contributed by atoms with E-state index >= 15 is 0 Å². The Morgan fingerprint density at radius 2 is 2.00 bits per heavy atom. The molecule has 5 heteroatoms. The first-order chi connectivity index (χ1) is 8.58. The third-order valence-corrected chi connectivity index (χ3v) is 2.83. The van der Waals surface area contributed by atoms with Crippen LogP contribution in [0.3, 0.4) is 0 Å². The van der Waals surface area contributed by atoms with Crippen molar-refractivity contribution in [3.8, 4) is 0 Å². The van der Waals surface area contributed by atoms with Crippen LogP contribution in [-0.2, 0) is 0 Å². The van der Waals surface area contributed by atoms with Gasteiger partial charge in [0, 0.05) is 24.1 Å². The highest BCUT2D eigenvalue weighted by molar-refractivity contribution is 5.44. The minimum absolute atomic E-state index is 0.0358. The Morgan fingerprint density at radius 3 is 2.56 bits per heavy atom. The van der Waals surface area contributed by atoms with Crippen LogP contribution < -0.4 is 10.6 Å². The van der Waals surface area contributed by atoms with Crippen LogP contribution in [0.25, 0.3) is 0 Å². The van der Waals surface area contributed by atoms with Crippen molar-refractivity contribution in [2.24, 2.45) is 0 Å². The molecule has 0 aromatic carbocycles. The summed E-state index contributed by atoms with van der Waals surface area (Å²) in [5, 5.41) is 15.5. The van der Waals surface area contributed by atoms with Crippen LogP contribution in [0.1, 0.15) is 45.2 Å². The maximum absolute atomic E-state index is 9.07. The lowest BCUT2D eigenvalue weighted by atomic mass is 10.2. The average molecular weight is 250 g/mol. The normalized spacial score (nSPS) is 16.7. The molecule has 1 aliphatic carbocycles. The predicted octanol–water partition coefficient (Wildman–Crippen LogP) is 1.97. The first kappa shape index (κ1) is 13.1. The van der Waals surface area contributed by atoms with Gasteiger partial charge in [-0.3, -0.25) is 0 Å². The molecular weight excluding hydrogens is 228 g/mol. The van der Waals surface area contributed by atoms with Gasteiger partial charge in [0.05, 0.1) is 12.3 Å². The highest BCUT2D eigenvalue weighted by Crippen LogP contribution is 2.39. The summed E-state index contributed by atoms with van der Waals surface area (Å²) < 4.78 is 0. The van der Waals surface area contributed by atoms with Gasteiger partial charge in [0.1, 0.15) is 5.82 Å². The van der Waals surface area contributed by atoms with Crippen LogP contribution in [-0.4, -0.2) is 33.8 Å². The Kier molecular flexibility index (Phi) is 4.01. The zero-order valence-electron chi connectivity index (χ0n) is 11.3. The first-order valence-corrected chi connectivity index (χ1v) is 6.61. The van der Waals surface area contributed by atoms with Crippen molar-refractivity contribution in [1.29, 1.82) is 0 Å². The fourth-order valence-electron chi connectivity index (χ4n) is 1.75. The molecule has 0 saturated heterocycles. The van der Waals surface area contributed by atoms with E-state index in [2.05, 4.69) is 34.4 Å². The number of hydrogen-bond acceptors (Lipinski definition) is 5. The molecule has 1 atom stereocenters. The number of aliphatic hydroxyl groups is 1. The Balaban J connectivity index is 2.18. The maximum Gasteiger partial charge on any atom is 0.225 e. The van der Waals surface area contributed by atoms with E-state index in [4.69, 9.17) is 5.11 Å². The third-order valence-electron chi connectivity index (χ3n) is 2.83. The standard InChI is InChI=1S/C13H22N4O/c1-8(2)14-12-6-11(10-4-5-10)16-13(17-12)15-9(3)7-18/h6,8-10,18H,4-5,7H2,1-3H3,(H2,14,15,16,17)/t9-/m1/s1. The lowest BCUT2D eigenvalue weighted by Gasteiger charge is -2.15. The SMILES string of the molecule is CC(C)Nc1cc(C2CC2)nc(N[C@H](C)CO)n1. The van der Waals surface area contributed by atoms with E-state index in [1.165, 1.54) is 12.8 Å². The maximum atomic E-state index is 9.07. The average Bonchev–Trinajstić information content (AvgIpc) is 3.11. The molecule has 0 unspecified atom stereocenters. The summed E-state index contributed by atoms with van der Waals surface area (Å²) in [7, 11) is 0. The van der Waals surface area contributed by atoms with Crippen molar-refractivity contribution in [2.45, 2.75) is 51.6 Å². The molecule has 2 rings (SSSR count). The van der Waals surface area contributed by atoms with Gasteiger partial charge in [-0.25, -0.2) is 4.98 Å². The van der Waals surface area contributed by atoms with Gasteiger partial charge in [-0.15, -0.1) is 0 Å². The number of nitrogens with zero attached hydrogens (tertiary/aromatic N) is 2. The first-order valence-electron chi connectivity index (χ1n) is 6.61. The van der Waals surface area contributed by atoms with E-state index in [1.54, 1.807) is 0 Å². The second-order valence-corrected chi connectivity index (χ2v) is 5.30. The Hall–Kier alpha value is -1.36. The zero-order valence-corrected chi connectivity index (χ0v) is 11.3. The van der Waals surface area contributed by atoms with Crippen molar-refractivity contribution >= 4 is 11.8 Å². The van der Waals surface area contributed by atoms with E-state index in [9.17, 15) is 0 Å². The van der Waals surface area contributed by atoms with Gasteiger partial charge in [0.25, 0.3) is 0 Å². The van der Waals surface area contributed by atoms with Gasteiger partial charge < -0.3 is 15.7 Å². The quantitative estimate of drug-likeness (QED) is 0.720. The van der Waals surface area contributed by atoms with Gasteiger partial charge in [0.2, 0.25) is 5.95 Å². The van der Waals surface area contributed by atoms with Crippen molar-refractivity contribution in [1.82, 2.24) is 9.97 Å². The Labute approximate surface area is 108 Å². The van der Waals surface area contributed by atoms with E-state index in [0.29, 0.717) is 17.9 Å². The summed E-state index contributed by atoms with van der Waals surface area (Å²) in [6, 6.07) is 2.34. The summed E-state index contributed by atoms with van der Waals surface area (Å²) in [5.74, 6) is 2.05. The van der Waals surface area contributed by atoms with E-state index in [0.717, 1.165) is 11.5 Å². The third kappa shape index (κ3) is 3.57. The molecule has 1 fully saturated rings. The zero-order chi connectivity index (χ0) is 13.1. The van der Waals surface area contributed by atoms with Gasteiger partial charge in [-0.1, -0.05) is 0 Å². The smallest absolute Gasteiger partial charge is 0.225 e. The molecule has 1 aromatic rings. The van der Waals surface area contributed by atoms with E-state index in [1.807, 2.05) is 13.0 Å². The second-order valence-electron chi connectivity index (χ2n) is 5.30. The van der Waals surface area contributed by atoms with Crippen LogP contribution in [0, 0.1) is 0 Å². The summed E-state index contributed by atoms with van der Waals surface area (Å²) in [6.45, 7) is 6.15. The van der Waals surface area contributed by atoms with Crippen LogP contribution >= 0.6 is 0 Å². The largest absolute Gasteiger partial charge is 0.394 e. The lowest BCUT2D eigenvalue weighted by Crippen LogP contribution is -2.22. The highest BCUT2D eigenvalue weighted by atomic mass is 16.3. The monoisotopic (exact) mass is 250 g/mol. The van der Waals surface area contributed by atoms with Crippen molar-refractivity contribution in [3.05, 3.63) is 11.8 Å². The summed E-state index contributed by atoms with van der Waals surface area (Å²) in [5.41, 5.74) is 1.10. The molecule has 18 heavy (non-hydrogen) atoms. The molecule has 0 spiro atoms. The molecule has 1 aliphatic rings. The van der Waals surface area contributed by atoms with Gasteiger partial charge in [0.15, 0.2) is 0 Å². The van der Waals surface area contributed by atoms with Crippen LogP contribution in [0.5, 0.6) is 0 Å². The molecular formula is C13H22N4O. The molecule has 0 radical (unpaired) electrons. The van der Waals surface area contributed by atoms with Crippen molar-refractivity contribution < 1.29 is 5.11 Å². The van der Waals surface area contributed by atoms with Crippen LogP contribution in [0.2, 0.25) is 0 Å². The molecule has 0 aliphatic heterocycles. The van der Waals surface area contributed by atoms with E-state index < -0.39 is 0 Å². The Morgan fingerprint density at radius 1 is 1.28 bits per heavy atom. The molecule has 0 bridgehead atoms. The number of hydrogen-bond donors (Lipinski definition) is 3. The highest BCUT2D eigenvalue weighted by Gasteiger charge is 2.26. The second kappa shape index (κ2) is 5.52. The number of aromatic nitrogens is 2. The summed E-state index contributed by atoms with van der Waals surface area (Å²) in [6.07, 6.45) is 2.43.